The van der Waals surface area contributed by atoms with Gasteiger partial charge in [0, 0.05) is 11.6 Å². The van der Waals surface area contributed by atoms with E-state index < -0.39 is 0 Å². The Balaban J connectivity index is 2.10. The van der Waals surface area contributed by atoms with Gasteiger partial charge in [0.1, 0.15) is 0 Å². The van der Waals surface area contributed by atoms with Crippen molar-refractivity contribution in [3.8, 4) is 0 Å². The molecule has 20 heavy (non-hydrogen) atoms. The van der Waals surface area contributed by atoms with Gasteiger partial charge in [-0.15, -0.1) is 0 Å². The third kappa shape index (κ3) is 3.95. The zero-order chi connectivity index (χ0) is 14.4. The fourth-order valence-electron chi connectivity index (χ4n) is 2.22. The summed E-state index contributed by atoms with van der Waals surface area (Å²) >= 11 is 0. The fourth-order valence-corrected chi connectivity index (χ4v) is 2.22. The molecule has 0 heterocycles. The summed E-state index contributed by atoms with van der Waals surface area (Å²) in [6.07, 6.45) is 1.83. The molecule has 0 fully saturated rings. The minimum Gasteiger partial charge on any atom is -0.350 e. The average Bonchev–Trinajstić information content (AvgIpc) is 2.46. The Morgan fingerprint density at radius 1 is 0.950 bits per heavy atom. The van der Waals surface area contributed by atoms with E-state index in [9.17, 15) is 4.79 Å². The molecular formula is C18H21NO. The van der Waals surface area contributed by atoms with Gasteiger partial charge in [0.05, 0.1) is 0 Å². The first kappa shape index (κ1) is 14.3. The Morgan fingerprint density at radius 3 is 2.30 bits per heavy atom. The lowest BCUT2D eigenvalue weighted by Crippen LogP contribution is -2.30. The SMILES string of the molecule is CC(C)NC(=O)c1ccccc1CCc1ccccc1. The van der Waals surface area contributed by atoms with Crippen LogP contribution in [0.1, 0.15) is 35.3 Å². The van der Waals surface area contributed by atoms with Crippen LogP contribution in [0.15, 0.2) is 54.6 Å². The van der Waals surface area contributed by atoms with Crippen LogP contribution in [0.4, 0.5) is 0 Å². The van der Waals surface area contributed by atoms with Crippen molar-refractivity contribution in [3.05, 3.63) is 71.3 Å². The van der Waals surface area contributed by atoms with E-state index in [0.717, 1.165) is 24.0 Å². The second-order valence-corrected chi connectivity index (χ2v) is 5.27. The van der Waals surface area contributed by atoms with Crippen molar-refractivity contribution in [2.24, 2.45) is 0 Å². The van der Waals surface area contributed by atoms with Crippen LogP contribution in [0.25, 0.3) is 0 Å². The van der Waals surface area contributed by atoms with E-state index in [0.29, 0.717) is 0 Å². The average molecular weight is 267 g/mol. The van der Waals surface area contributed by atoms with Crippen molar-refractivity contribution in [3.63, 3.8) is 0 Å². The van der Waals surface area contributed by atoms with Gasteiger partial charge >= 0.3 is 0 Å². The molecule has 0 unspecified atom stereocenters. The molecule has 0 atom stereocenters. The maximum absolute atomic E-state index is 12.2. The van der Waals surface area contributed by atoms with E-state index >= 15 is 0 Å². The maximum Gasteiger partial charge on any atom is 0.251 e. The molecule has 0 radical (unpaired) electrons. The van der Waals surface area contributed by atoms with Crippen LogP contribution in [-0.2, 0) is 12.8 Å². The Morgan fingerprint density at radius 2 is 1.60 bits per heavy atom. The van der Waals surface area contributed by atoms with Gasteiger partial charge < -0.3 is 5.32 Å². The largest absolute Gasteiger partial charge is 0.350 e. The number of hydrogen-bond donors (Lipinski definition) is 1. The van der Waals surface area contributed by atoms with E-state index in [1.165, 1.54) is 5.56 Å². The Labute approximate surface area is 120 Å². The van der Waals surface area contributed by atoms with Crippen molar-refractivity contribution in [1.29, 1.82) is 0 Å². The minimum absolute atomic E-state index is 0.0173. The van der Waals surface area contributed by atoms with Gasteiger partial charge in [-0.3, -0.25) is 4.79 Å². The predicted octanol–water partition coefficient (Wildman–Crippen LogP) is 3.61. The summed E-state index contributed by atoms with van der Waals surface area (Å²) in [5.41, 5.74) is 3.19. The summed E-state index contributed by atoms with van der Waals surface area (Å²) < 4.78 is 0. The van der Waals surface area contributed by atoms with Crippen LogP contribution >= 0.6 is 0 Å². The first-order valence-corrected chi connectivity index (χ1v) is 7.09. The van der Waals surface area contributed by atoms with E-state index in [1.807, 2.05) is 56.3 Å². The predicted molar refractivity (Wildman–Crippen MR) is 82.9 cm³/mol. The molecule has 0 saturated carbocycles. The molecule has 0 aliphatic rings. The van der Waals surface area contributed by atoms with Gasteiger partial charge in [-0.25, -0.2) is 0 Å². The van der Waals surface area contributed by atoms with Crippen LogP contribution in [0.2, 0.25) is 0 Å². The summed E-state index contributed by atoms with van der Waals surface area (Å²) in [6, 6.07) is 18.4. The molecule has 2 heteroatoms. The molecule has 0 spiro atoms. The lowest BCUT2D eigenvalue weighted by atomic mass is 9.99. The molecule has 0 aliphatic heterocycles. The standard InChI is InChI=1S/C18H21NO/c1-14(2)19-18(20)17-11-7-6-10-16(17)13-12-15-8-4-3-5-9-15/h3-11,14H,12-13H2,1-2H3,(H,19,20). The summed E-state index contributed by atoms with van der Waals surface area (Å²) in [7, 11) is 0. The molecule has 0 aliphatic carbocycles. The van der Waals surface area contributed by atoms with Gasteiger partial charge in [-0.1, -0.05) is 48.5 Å². The first-order valence-electron chi connectivity index (χ1n) is 7.09. The van der Waals surface area contributed by atoms with Crippen LogP contribution in [0.5, 0.6) is 0 Å². The number of benzene rings is 2. The topological polar surface area (TPSA) is 29.1 Å². The lowest BCUT2D eigenvalue weighted by molar-refractivity contribution is 0.0942. The first-order chi connectivity index (χ1) is 9.66. The van der Waals surface area contributed by atoms with Gasteiger partial charge in [0.2, 0.25) is 0 Å². The van der Waals surface area contributed by atoms with Crippen molar-refractivity contribution < 1.29 is 4.79 Å². The minimum atomic E-state index is 0.0173. The molecule has 104 valence electrons. The fraction of sp³-hybridized carbons (Fsp3) is 0.278. The van der Waals surface area contributed by atoms with Crippen LogP contribution in [0.3, 0.4) is 0 Å². The van der Waals surface area contributed by atoms with Crippen molar-refractivity contribution >= 4 is 5.91 Å². The third-order valence-electron chi connectivity index (χ3n) is 3.21. The van der Waals surface area contributed by atoms with Gasteiger partial charge in [-0.05, 0) is 43.9 Å². The Bertz CT molecular complexity index is 561. The quantitative estimate of drug-likeness (QED) is 0.881. The highest BCUT2D eigenvalue weighted by Crippen LogP contribution is 2.13. The van der Waals surface area contributed by atoms with Crippen molar-refractivity contribution in [1.82, 2.24) is 5.32 Å². The maximum atomic E-state index is 12.2. The lowest BCUT2D eigenvalue weighted by Gasteiger charge is -2.12. The zero-order valence-corrected chi connectivity index (χ0v) is 12.1. The normalized spacial score (nSPS) is 10.6. The second kappa shape index (κ2) is 6.90. The van der Waals surface area contributed by atoms with E-state index in [-0.39, 0.29) is 11.9 Å². The molecule has 0 bridgehead atoms. The highest BCUT2D eigenvalue weighted by molar-refractivity contribution is 5.95. The van der Waals surface area contributed by atoms with Gasteiger partial charge in [0.15, 0.2) is 0 Å². The molecule has 2 rings (SSSR count). The molecule has 2 aromatic carbocycles. The second-order valence-electron chi connectivity index (χ2n) is 5.27. The number of amides is 1. The molecule has 0 saturated heterocycles. The highest BCUT2D eigenvalue weighted by atomic mass is 16.1. The Hall–Kier alpha value is -2.09. The smallest absolute Gasteiger partial charge is 0.251 e. The molecular weight excluding hydrogens is 246 g/mol. The molecule has 1 N–H and O–H groups in total. The van der Waals surface area contributed by atoms with Crippen LogP contribution < -0.4 is 5.32 Å². The zero-order valence-electron chi connectivity index (χ0n) is 12.1. The van der Waals surface area contributed by atoms with E-state index in [2.05, 4.69) is 17.4 Å². The monoisotopic (exact) mass is 267 g/mol. The summed E-state index contributed by atoms with van der Waals surface area (Å²) in [5.74, 6) is 0.0173. The van der Waals surface area contributed by atoms with E-state index in [4.69, 9.17) is 0 Å². The molecule has 2 aromatic rings. The van der Waals surface area contributed by atoms with Crippen LogP contribution in [-0.4, -0.2) is 11.9 Å². The molecule has 0 aromatic heterocycles. The summed E-state index contributed by atoms with van der Waals surface area (Å²) in [6.45, 7) is 3.95. The van der Waals surface area contributed by atoms with Gasteiger partial charge in [-0.2, -0.15) is 0 Å². The number of aryl methyl sites for hydroxylation is 2. The van der Waals surface area contributed by atoms with Crippen molar-refractivity contribution in [2.45, 2.75) is 32.7 Å². The van der Waals surface area contributed by atoms with Gasteiger partial charge in [0.25, 0.3) is 5.91 Å². The van der Waals surface area contributed by atoms with Crippen molar-refractivity contribution in [2.75, 3.05) is 0 Å². The van der Waals surface area contributed by atoms with E-state index in [1.54, 1.807) is 0 Å². The molecule has 1 amide bonds. The number of carbonyl (C=O) groups excluding carboxylic acids is 1. The summed E-state index contributed by atoms with van der Waals surface area (Å²) in [4.78, 5) is 12.2. The Kier molecular flexibility index (Phi) is 4.94. The highest BCUT2D eigenvalue weighted by Gasteiger charge is 2.11. The number of nitrogens with one attached hydrogen (secondary N) is 1. The third-order valence-corrected chi connectivity index (χ3v) is 3.21. The number of rotatable bonds is 5. The number of hydrogen-bond acceptors (Lipinski definition) is 1. The number of carbonyl (C=O) groups is 1. The molecule has 2 nitrogen and oxygen atoms in total. The summed E-state index contributed by atoms with van der Waals surface area (Å²) in [5, 5.41) is 2.96. The van der Waals surface area contributed by atoms with Crippen LogP contribution in [0, 0.1) is 0 Å².